The van der Waals surface area contributed by atoms with Gasteiger partial charge in [0.1, 0.15) is 12.0 Å². The maximum Gasteiger partial charge on any atom is 0.123 e. The zero-order chi connectivity index (χ0) is 15.1. The topological polar surface area (TPSA) is 57.5 Å². The van der Waals surface area contributed by atoms with Crippen LogP contribution in [0.1, 0.15) is 44.6 Å². The van der Waals surface area contributed by atoms with Gasteiger partial charge >= 0.3 is 0 Å². The molecule has 0 saturated heterocycles. The van der Waals surface area contributed by atoms with Crippen molar-refractivity contribution < 1.29 is 15.0 Å². The third-order valence-corrected chi connectivity index (χ3v) is 6.07. The molecule has 0 heterocycles. The monoisotopic (exact) mass is 288 g/mol. The van der Waals surface area contributed by atoms with Gasteiger partial charge in [0.15, 0.2) is 0 Å². The third-order valence-electron chi connectivity index (χ3n) is 6.07. The van der Waals surface area contributed by atoms with Crippen molar-refractivity contribution in [2.75, 3.05) is 0 Å². The van der Waals surface area contributed by atoms with Crippen molar-refractivity contribution in [3.05, 3.63) is 29.8 Å². The van der Waals surface area contributed by atoms with E-state index in [-0.39, 0.29) is 11.3 Å². The molecule has 0 aromatic heterocycles. The number of phenols is 1. The predicted molar refractivity (Wildman–Crippen MR) is 81.0 cm³/mol. The smallest absolute Gasteiger partial charge is 0.123 e. The largest absolute Gasteiger partial charge is 0.508 e. The third kappa shape index (κ3) is 2.38. The Morgan fingerprint density at radius 2 is 1.95 bits per heavy atom. The summed E-state index contributed by atoms with van der Waals surface area (Å²) in [4.78, 5) is 11.3. The molecule has 0 bridgehead atoms. The summed E-state index contributed by atoms with van der Waals surface area (Å²) in [5, 5.41) is 20.4. The summed E-state index contributed by atoms with van der Waals surface area (Å²) < 4.78 is 0. The van der Waals surface area contributed by atoms with Gasteiger partial charge in [0, 0.05) is 11.3 Å². The van der Waals surface area contributed by atoms with Crippen molar-refractivity contribution in [2.45, 2.75) is 51.0 Å². The fourth-order valence-corrected chi connectivity index (χ4v) is 4.54. The van der Waals surface area contributed by atoms with Crippen LogP contribution in [0.4, 0.5) is 0 Å². The number of hydrogen-bond acceptors (Lipinski definition) is 3. The Bertz CT molecular complexity index is 524. The number of carbonyl (C=O) groups is 1. The van der Waals surface area contributed by atoms with Crippen molar-refractivity contribution in [1.82, 2.24) is 0 Å². The summed E-state index contributed by atoms with van der Waals surface area (Å²) in [5.74, 6) is 0.758. The van der Waals surface area contributed by atoms with Gasteiger partial charge in [0.05, 0.1) is 5.60 Å². The van der Waals surface area contributed by atoms with E-state index in [9.17, 15) is 15.0 Å². The van der Waals surface area contributed by atoms with Gasteiger partial charge in [-0.25, -0.2) is 0 Å². The van der Waals surface area contributed by atoms with E-state index in [1.807, 2.05) is 12.1 Å². The first-order valence-corrected chi connectivity index (χ1v) is 7.92. The number of aldehydes is 1. The highest BCUT2D eigenvalue weighted by molar-refractivity contribution is 5.57. The molecule has 0 amide bonds. The van der Waals surface area contributed by atoms with Gasteiger partial charge in [-0.3, -0.25) is 0 Å². The van der Waals surface area contributed by atoms with E-state index in [2.05, 4.69) is 6.92 Å². The van der Waals surface area contributed by atoms with E-state index in [1.165, 1.54) is 5.56 Å². The van der Waals surface area contributed by atoms with E-state index in [0.717, 1.165) is 44.8 Å². The van der Waals surface area contributed by atoms with Crippen LogP contribution < -0.4 is 0 Å². The molecular weight excluding hydrogens is 264 g/mol. The summed E-state index contributed by atoms with van der Waals surface area (Å²) in [5.41, 5.74) is 0.286. The Labute approximate surface area is 126 Å². The fraction of sp³-hybridized carbons (Fsp3) is 0.611. The quantitative estimate of drug-likeness (QED) is 0.840. The minimum Gasteiger partial charge on any atom is -0.508 e. The van der Waals surface area contributed by atoms with E-state index in [0.29, 0.717) is 11.7 Å². The molecule has 0 spiro atoms. The lowest BCUT2D eigenvalue weighted by Crippen LogP contribution is -2.50. The molecule has 2 aliphatic carbocycles. The number of fused-ring (bicyclic) bond motifs is 1. The second kappa shape index (κ2) is 5.13. The van der Waals surface area contributed by atoms with Crippen LogP contribution in [-0.2, 0) is 11.2 Å². The van der Waals surface area contributed by atoms with E-state index in [4.69, 9.17) is 0 Å². The van der Waals surface area contributed by atoms with E-state index < -0.39 is 5.60 Å². The maximum atomic E-state index is 11.3. The highest BCUT2D eigenvalue weighted by Crippen LogP contribution is 2.58. The molecule has 3 heteroatoms. The highest BCUT2D eigenvalue weighted by atomic mass is 16.3. The number of hydrogen-bond donors (Lipinski definition) is 2. The molecule has 0 unspecified atom stereocenters. The Kier molecular flexibility index (Phi) is 3.56. The van der Waals surface area contributed by atoms with E-state index in [1.54, 1.807) is 12.1 Å². The molecule has 2 N–H and O–H groups in total. The summed E-state index contributed by atoms with van der Waals surface area (Å²) in [6, 6.07) is 7.34. The molecule has 1 aromatic carbocycles. The molecule has 2 aliphatic rings. The van der Waals surface area contributed by atoms with Crippen molar-refractivity contribution in [1.29, 1.82) is 0 Å². The van der Waals surface area contributed by atoms with Crippen LogP contribution >= 0.6 is 0 Å². The standard InChI is InChI=1S/C18H24O3/c1-17-8-6-14(10-13-2-4-16(20)5-3-13)11-18(17,21)9-7-15(17)12-19/h2-5,12,14-15,20-21H,6-11H2,1H3/t14-,15-,17-,18+/m1/s1. The van der Waals surface area contributed by atoms with Crippen molar-refractivity contribution >= 4 is 6.29 Å². The normalized spacial score (nSPS) is 39.0. The molecule has 3 nitrogen and oxygen atoms in total. The lowest BCUT2D eigenvalue weighted by molar-refractivity contribution is -0.131. The first-order valence-electron chi connectivity index (χ1n) is 7.92. The number of rotatable bonds is 3. The molecular formula is C18H24O3. The van der Waals surface area contributed by atoms with Gasteiger partial charge in [0.25, 0.3) is 0 Å². The number of aliphatic hydroxyl groups is 1. The Balaban J connectivity index is 1.72. The Morgan fingerprint density at radius 1 is 1.24 bits per heavy atom. The predicted octanol–water partition coefficient (Wildman–Crippen LogP) is 3.08. The molecule has 1 aromatic rings. The summed E-state index contributed by atoms with van der Waals surface area (Å²) in [6.45, 7) is 2.09. The van der Waals surface area contributed by atoms with Crippen LogP contribution in [0.25, 0.3) is 0 Å². The first-order chi connectivity index (χ1) is 9.97. The van der Waals surface area contributed by atoms with Crippen LogP contribution in [0, 0.1) is 17.3 Å². The molecule has 2 fully saturated rings. The zero-order valence-corrected chi connectivity index (χ0v) is 12.6. The van der Waals surface area contributed by atoms with Crippen LogP contribution in [0.2, 0.25) is 0 Å². The average molecular weight is 288 g/mol. The Morgan fingerprint density at radius 3 is 2.62 bits per heavy atom. The minimum atomic E-state index is -0.682. The van der Waals surface area contributed by atoms with E-state index >= 15 is 0 Å². The Hall–Kier alpha value is -1.35. The lowest BCUT2D eigenvalue weighted by atomic mass is 9.59. The molecule has 114 valence electrons. The number of aromatic hydroxyl groups is 1. The highest BCUT2D eigenvalue weighted by Gasteiger charge is 2.58. The van der Waals surface area contributed by atoms with Crippen LogP contribution in [-0.4, -0.2) is 22.1 Å². The lowest BCUT2D eigenvalue weighted by Gasteiger charge is -2.48. The van der Waals surface area contributed by atoms with Gasteiger partial charge in [-0.1, -0.05) is 19.1 Å². The molecule has 0 aliphatic heterocycles. The molecule has 0 radical (unpaired) electrons. The van der Waals surface area contributed by atoms with Crippen LogP contribution in [0.15, 0.2) is 24.3 Å². The summed E-state index contributed by atoms with van der Waals surface area (Å²) >= 11 is 0. The molecule has 4 atom stereocenters. The minimum absolute atomic E-state index is 0.0112. The SMILES string of the molecule is C[C@]12CC[C@H](Cc3ccc(O)cc3)C[C@@]1(O)CC[C@@H]2C=O. The zero-order valence-electron chi connectivity index (χ0n) is 12.6. The van der Waals surface area contributed by atoms with Gasteiger partial charge in [-0.05, 0) is 62.1 Å². The summed E-state index contributed by atoms with van der Waals surface area (Å²) in [7, 11) is 0. The molecule has 2 saturated carbocycles. The number of benzene rings is 1. The molecule has 21 heavy (non-hydrogen) atoms. The molecule has 3 rings (SSSR count). The van der Waals surface area contributed by atoms with Gasteiger partial charge in [-0.2, -0.15) is 0 Å². The number of carbonyl (C=O) groups excluding carboxylic acids is 1. The van der Waals surface area contributed by atoms with Gasteiger partial charge in [0.2, 0.25) is 0 Å². The van der Waals surface area contributed by atoms with Crippen molar-refractivity contribution in [2.24, 2.45) is 17.3 Å². The number of phenolic OH excluding ortho intramolecular Hbond substituents is 1. The van der Waals surface area contributed by atoms with Gasteiger partial charge < -0.3 is 15.0 Å². The van der Waals surface area contributed by atoms with Crippen LogP contribution in [0.3, 0.4) is 0 Å². The summed E-state index contributed by atoms with van der Waals surface area (Å²) in [6.07, 6.45) is 6.33. The maximum absolute atomic E-state index is 11.3. The first kappa shape index (κ1) is 14.6. The van der Waals surface area contributed by atoms with Crippen LogP contribution in [0.5, 0.6) is 5.75 Å². The van der Waals surface area contributed by atoms with Gasteiger partial charge in [-0.15, -0.1) is 0 Å². The second-order valence-corrected chi connectivity index (χ2v) is 7.21. The van der Waals surface area contributed by atoms with Crippen molar-refractivity contribution in [3.8, 4) is 5.75 Å². The average Bonchev–Trinajstić information content (AvgIpc) is 2.72. The van der Waals surface area contributed by atoms with Crippen molar-refractivity contribution in [3.63, 3.8) is 0 Å². The second-order valence-electron chi connectivity index (χ2n) is 7.21. The fourth-order valence-electron chi connectivity index (χ4n) is 4.54.